The highest BCUT2D eigenvalue weighted by atomic mass is 19.4. The van der Waals surface area contributed by atoms with E-state index in [0.717, 1.165) is 29.8 Å². The molecule has 1 amide bonds. The van der Waals surface area contributed by atoms with Gasteiger partial charge in [-0.15, -0.1) is 0 Å². The number of aliphatic carboxylic acids is 1. The molecule has 0 aliphatic rings. The normalized spacial score (nSPS) is 13.7. The maximum atomic E-state index is 12.6. The van der Waals surface area contributed by atoms with Crippen LogP contribution in [-0.2, 0) is 22.2 Å². The molecule has 0 aliphatic carbocycles. The summed E-state index contributed by atoms with van der Waals surface area (Å²) in [6.45, 7) is 1.80. The van der Waals surface area contributed by atoms with Gasteiger partial charge in [0.2, 0.25) is 0 Å². The van der Waals surface area contributed by atoms with E-state index in [1.54, 1.807) is 31.2 Å². The first kappa shape index (κ1) is 20.4. The molecule has 2 rings (SSSR count). The van der Waals surface area contributed by atoms with E-state index in [1.165, 1.54) is 0 Å². The number of nitrogens with one attached hydrogen (secondary N) is 1. The van der Waals surface area contributed by atoms with E-state index in [9.17, 15) is 33.0 Å². The van der Waals surface area contributed by atoms with E-state index in [0.29, 0.717) is 5.56 Å². The molecule has 0 saturated carbocycles. The largest absolute Gasteiger partial charge is 0.480 e. The van der Waals surface area contributed by atoms with Crippen molar-refractivity contribution in [2.24, 2.45) is 0 Å². The molecule has 3 N–H and O–H groups in total. The minimum absolute atomic E-state index is 0.00742. The summed E-state index contributed by atoms with van der Waals surface area (Å²) in [5.74, 6) is -2.29. The number of aliphatic hydroxyl groups excluding tert-OH is 1. The number of hydrogen-bond donors (Lipinski definition) is 3. The van der Waals surface area contributed by atoms with Gasteiger partial charge in [-0.2, -0.15) is 13.2 Å². The Balaban J connectivity index is 2.10. The maximum absolute atomic E-state index is 12.6. The van der Waals surface area contributed by atoms with E-state index in [1.807, 2.05) is 0 Å². The lowest BCUT2D eigenvalue weighted by Gasteiger charge is -2.18. The monoisotopic (exact) mass is 381 g/mol. The first-order chi connectivity index (χ1) is 12.6. The fourth-order valence-electron chi connectivity index (χ4n) is 2.52. The van der Waals surface area contributed by atoms with Gasteiger partial charge < -0.3 is 15.5 Å². The van der Waals surface area contributed by atoms with Crippen molar-refractivity contribution in [1.82, 2.24) is 5.32 Å². The van der Waals surface area contributed by atoms with Gasteiger partial charge in [-0.1, -0.05) is 36.4 Å². The van der Waals surface area contributed by atoms with Crippen LogP contribution in [0.3, 0.4) is 0 Å². The summed E-state index contributed by atoms with van der Waals surface area (Å²) in [4.78, 5) is 23.6. The number of aryl methyl sites for hydroxylation is 1. The summed E-state index contributed by atoms with van der Waals surface area (Å²) in [6, 6.07) is 9.21. The number of amides is 1. The first-order valence-corrected chi connectivity index (χ1v) is 8.02. The number of carboxylic acid groups (broad SMARTS) is 1. The molecule has 0 spiro atoms. The third kappa shape index (κ3) is 5.30. The second kappa shape index (κ2) is 8.22. The van der Waals surface area contributed by atoms with Crippen molar-refractivity contribution in [3.8, 4) is 0 Å². The van der Waals surface area contributed by atoms with Crippen LogP contribution in [0.4, 0.5) is 13.2 Å². The lowest BCUT2D eigenvalue weighted by molar-refractivity contribution is -0.143. The second-order valence-corrected chi connectivity index (χ2v) is 6.05. The molecule has 5 nitrogen and oxygen atoms in total. The zero-order valence-electron chi connectivity index (χ0n) is 14.3. The molecule has 0 heterocycles. The number of carbonyl (C=O) groups is 2. The van der Waals surface area contributed by atoms with Crippen molar-refractivity contribution >= 4 is 11.9 Å². The molecule has 0 unspecified atom stereocenters. The summed E-state index contributed by atoms with van der Waals surface area (Å²) in [7, 11) is 0. The van der Waals surface area contributed by atoms with E-state index < -0.39 is 35.8 Å². The van der Waals surface area contributed by atoms with Gasteiger partial charge in [0.25, 0.3) is 5.91 Å². The lowest BCUT2D eigenvalue weighted by Crippen LogP contribution is -2.44. The minimum atomic E-state index is -4.53. The highest BCUT2D eigenvalue weighted by Crippen LogP contribution is 2.30. The number of rotatable bonds is 6. The van der Waals surface area contributed by atoms with Gasteiger partial charge in [0.1, 0.15) is 6.04 Å². The number of aliphatic hydroxyl groups is 1. The number of carboxylic acids is 1. The molecule has 27 heavy (non-hydrogen) atoms. The molecule has 2 aromatic carbocycles. The average molecular weight is 381 g/mol. The van der Waals surface area contributed by atoms with Crippen LogP contribution in [0.5, 0.6) is 0 Å². The number of benzene rings is 2. The average Bonchev–Trinajstić information content (AvgIpc) is 2.61. The molecule has 0 saturated heterocycles. The Bertz CT molecular complexity index is 818. The van der Waals surface area contributed by atoms with Gasteiger partial charge in [0.15, 0.2) is 6.10 Å². The smallest absolute Gasteiger partial charge is 0.416 e. The van der Waals surface area contributed by atoms with E-state index in [-0.39, 0.29) is 12.0 Å². The summed E-state index contributed by atoms with van der Waals surface area (Å²) in [6.07, 6.45) is -6.31. The van der Waals surface area contributed by atoms with Gasteiger partial charge in [0.05, 0.1) is 5.56 Å². The quantitative estimate of drug-likeness (QED) is 0.718. The number of carbonyl (C=O) groups excluding carboxylic acids is 1. The van der Waals surface area contributed by atoms with Crippen LogP contribution in [0.25, 0.3) is 0 Å². The Morgan fingerprint density at radius 2 is 1.67 bits per heavy atom. The van der Waals surface area contributed by atoms with Crippen molar-refractivity contribution in [3.63, 3.8) is 0 Å². The SMILES string of the molecule is Cc1ccccc1C[C@H](NC(=O)[C@H](O)c1ccc(C(F)(F)F)cc1)C(=O)O. The molecule has 2 aromatic rings. The van der Waals surface area contributed by atoms with Gasteiger partial charge in [0, 0.05) is 6.42 Å². The molecule has 0 aromatic heterocycles. The van der Waals surface area contributed by atoms with Crippen molar-refractivity contribution < 1.29 is 33.0 Å². The van der Waals surface area contributed by atoms with Crippen LogP contribution in [0, 0.1) is 6.92 Å². The predicted octanol–water partition coefficient (Wildman–Crippen LogP) is 2.86. The van der Waals surface area contributed by atoms with Crippen molar-refractivity contribution in [2.45, 2.75) is 31.7 Å². The highest BCUT2D eigenvalue weighted by molar-refractivity contribution is 5.87. The van der Waals surface area contributed by atoms with Crippen LogP contribution in [-0.4, -0.2) is 28.1 Å². The molecule has 0 bridgehead atoms. The van der Waals surface area contributed by atoms with Crippen LogP contribution in [0.1, 0.15) is 28.4 Å². The Labute approximate surface area is 153 Å². The fourth-order valence-corrected chi connectivity index (χ4v) is 2.52. The summed E-state index contributed by atoms with van der Waals surface area (Å²) in [5, 5.41) is 21.6. The van der Waals surface area contributed by atoms with E-state index in [4.69, 9.17) is 0 Å². The summed E-state index contributed by atoms with van der Waals surface area (Å²) < 4.78 is 37.7. The van der Waals surface area contributed by atoms with Gasteiger partial charge in [-0.05, 0) is 35.7 Å². The molecule has 0 aliphatic heterocycles. The van der Waals surface area contributed by atoms with Crippen molar-refractivity contribution in [1.29, 1.82) is 0 Å². The number of alkyl halides is 3. The molecule has 144 valence electrons. The second-order valence-electron chi connectivity index (χ2n) is 6.05. The molecule has 0 radical (unpaired) electrons. The zero-order valence-corrected chi connectivity index (χ0v) is 14.3. The Kier molecular flexibility index (Phi) is 6.22. The Hall–Kier alpha value is -2.87. The Morgan fingerprint density at radius 1 is 1.07 bits per heavy atom. The van der Waals surface area contributed by atoms with Gasteiger partial charge in [-0.3, -0.25) is 4.79 Å². The molecular weight excluding hydrogens is 363 g/mol. The van der Waals surface area contributed by atoms with Gasteiger partial charge >= 0.3 is 12.1 Å². The van der Waals surface area contributed by atoms with Gasteiger partial charge in [-0.25, -0.2) is 4.79 Å². The van der Waals surface area contributed by atoms with Crippen LogP contribution < -0.4 is 5.32 Å². The molecule has 0 fully saturated rings. The molecule has 8 heteroatoms. The topological polar surface area (TPSA) is 86.6 Å². The van der Waals surface area contributed by atoms with E-state index in [2.05, 4.69) is 5.32 Å². The Morgan fingerprint density at radius 3 is 2.19 bits per heavy atom. The number of hydrogen-bond acceptors (Lipinski definition) is 3. The maximum Gasteiger partial charge on any atom is 0.416 e. The third-order valence-electron chi connectivity index (χ3n) is 4.10. The summed E-state index contributed by atoms with van der Waals surface area (Å²) in [5.41, 5.74) is 0.581. The van der Waals surface area contributed by atoms with Crippen molar-refractivity contribution in [3.05, 3.63) is 70.8 Å². The molecule has 2 atom stereocenters. The minimum Gasteiger partial charge on any atom is -0.480 e. The first-order valence-electron chi connectivity index (χ1n) is 8.02. The fraction of sp³-hybridized carbons (Fsp3) is 0.263. The highest BCUT2D eigenvalue weighted by Gasteiger charge is 2.31. The number of halogens is 3. The summed E-state index contributed by atoms with van der Waals surface area (Å²) >= 11 is 0. The van der Waals surface area contributed by atoms with Crippen LogP contribution >= 0.6 is 0 Å². The molecular formula is C19H18F3NO4. The van der Waals surface area contributed by atoms with E-state index >= 15 is 0 Å². The third-order valence-corrected chi connectivity index (χ3v) is 4.10. The van der Waals surface area contributed by atoms with Crippen LogP contribution in [0.2, 0.25) is 0 Å². The predicted molar refractivity (Wildman–Crippen MR) is 90.9 cm³/mol. The van der Waals surface area contributed by atoms with Crippen LogP contribution in [0.15, 0.2) is 48.5 Å². The van der Waals surface area contributed by atoms with Crippen molar-refractivity contribution in [2.75, 3.05) is 0 Å². The lowest BCUT2D eigenvalue weighted by atomic mass is 10.0. The standard InChI is InChI=1S/C19H18F3NO4/c1-11-4-2-3-5-13(11)10-15(18(26)27)23-17(25)16(24)12-6-8-14(9-7-12)19(20,21)22/h2-9,15-16,24H,10H2,1H3,(H,23,25)(H,26,27)/t15-,16+/m0/s1. The zero-order chi connectivity index (χ0) is 20.2.